The molecule has 28 heteroatoms. The van der Waals surface area contributed by atoms with Crippen molar-refractivity contribution in [3.8, 4) is 11.3 Å². The van der Waals surface area contributed by atoms with Gasteiger partial charge in [0.1, 0.15) is 37.7 Å². The summed E-state index contributed by atoms with van der Waals surface area (Å²) in [5, 5.41) is 23.7. The van der Waals surface area contributed by atoms with Crippen LogP contribution in [0.4, 0.5) is 14.4 Å². The van der Waals surface area contributed by atoms with E-state index in [0.717, 1.165) is 56.7 Å². The number of Topliss-reactive ketones (excluding diaryl/α,β-unsaturated/α-hetero) is 3. The molecule has 9 N–H and O–H groups in total. The first-order valence-corrected chi connectivity index (χ1v) is 36.8. The standard InChI is InChI=1S/C19H18IN3O2.C19H18INO5.C11H13NO4.C8H6BrIO.C8H7IO.C2H4O2.3CH4.Br2.H3N/c1-13(22-19(24)25-12-14-5-3-2-4-6-14)18-21-11-17(23-18)15-7-9-16(20)10-8-15;1-13(21-19(24)26-11-14-5-3-2-4-6-14)18(23)25-12-17(22)15-7-9-16(20)10-8-15;1-8(10(13)14)12-11(15)16-7-9-5-3-2-4-6-9;9-5-8(11)6-1-3-7(10)4-2-6;1-6(10)7-2-4-8(9)5-3-7;1-2(3)4;;;;1-2;/h2-11,13H,12H2,1H3,(H,21,23)(H,22,24);2-10,13H,11-12H2,1H3,(H,21,24);2-6,8H,7H2,1H3,(H,12,15)(H,13,14);1-4H,5H2;2-5H,1H3;1H3,(H,3,4);3*1H4;;1H3/t2*13-;8-;;;;;;;;/m000......../s1. The van der Waals surface area contributed by atoms with Crippen LogP contribution in [0, 0.1) is 14.3 Å². The number of nitrogens with zero attached hydrogens (tertiary/aromatic N) is 1. The topological polar surface area (TPSA) is 331 Å². The number of alkyl carbamates (subject to hydrolysis) is 3. The van der Waals surface area contributed by atoms with Gasteiger partial charge < -0.3 is 56.2 Å². The Bertz CT molecular complexity index is 3610. The maximum Gasteiger partial charge on any atom is 0.408 e. The summed E-state index contributed by atoms with van der Waals surface area (Å²) >= 11 is 17.4. The molecule has 0 aliphatic carbocycles. The fraction of sp³-hybridized carbons (Fsp3) is 0.229. The van der Waals surface area contributed by atoms with Crippen molar-refractivity contribution >= 4 is 188 Å². The number of aromatic nitrogens is 2. The fourth-order valence-corrected chi connectivity index (χ4v) is 8.49. The summed E-state index contributed by atoms with van der Waals surface area (Å²) in [6.07, 6.45) is -0.171. The van der Waals surface area contributed by atoms with Gasteiger partial charge in [-0.25, -0.2) is 24.2 Å². The van der Waals surface area contributed by atoms with Crippen LogP contribution in [-0.4, -0.2) is 97.7 Å². The minimum Gasteiger partial charge on any atom is -0.481 e. The third-order valence-electron chi connectivity index (χ3n) is 11.6. The quantitative estimate of drug-likeness (QED) is 0.0130. The van der Waals surface area contributed by atoms with E-state index < -0.39 is 48.3 Å². The number of aromatic amines is 1. The summed E-state index contributed by atoms with van der Waals surface area (Å²) < 4.78 is 24.5. The summed E-state index contributed by atoms with van der Waals surface area (Å²) in [6, 6.07) is 55.9. The molecule has 1 aromatic heterocycles. The second-order valence-corrected chi connectivity index (χ2v) is 24.5. The molecule has 98 heavy (non-hydrogen) atoms. The SMILES string of the molecule is BrBr.C.C.C.CC(=O)O.CC(=O)c1ccc(I)cc1.C[C@H](NC(=O)OCc1ccccc1)C(=O)O.C[C@H](NC(=O)OCc1ccccc1)C(=O)OCC(=O)c1ccc(I)cc1.C[C@H](NC(=O)OCc1ccccc1)c1ncc(-c2ccc(I)cc2)[nH]1.N.O=C(CBr)c1ccc(I)cc1. The average molecular weight is 1990 g/mol. The van der Waals surface area contributed by atoms with E-state index in [2.05, 4.69) is 160 Å². The monoisotopic (exact) mass is 1990 g/mol. The third-order valence-corrected chi connectivity index (χ3v) is 15.0. The molecule has 0 aliphatic rings. The number of carbonyl (C=O) groups is 9. The lowest BCUT2D eigenvalue weighted by Gasteiger charge is -2.13. The molecule has 0 saturated heterocycles. The molecule has 0 saturated carbocycles. The van der Waals surface area contributed by atoms with E-state index in [0.29, 0.717) is 16.7 Å². The highest BCUT2D eigenvalue weighted by molar-refractivity contribution is 14.1. The van der Waals surface area contributed by atoms with Crippen LogP contribution in [0.25, 0.3) is 11.3 Å². The molecule has 1 heterocycles. The Morgan fingerprint density at radius 1 is 0.480 bits per heavy atom. The number of amides is 3. The lowest BCUT2D eigenvalue weighted by atomic mass is 10.1. The van der Waals surface area contributed by atoms with Gasteiger partial charge in [-0.05, 0) is 189 Å². The van der Waals surface area contributed by atoms with Crippen molar-refractivity contribution in [1.29, 1.82) is 0 Å². The van der Waals surface area contributed by atoms with Crippen LogP contribution >= 0.6 is 135 Å². The summed E-state index contributed by atoms with van der Waals surface area (Å²) in [5.41, 5.74) is 6.60. The first kappa shape index (κ1) is 95.5. The molecule has 3 atom stereocenters. The number of nitrogens with one attached hydrogen (secondary N) is 4. The van der Waals surface area contributed by atoms with Crippen molar-refractivity contribution in [3.63, 3.8) is 0 Å². The molecule has 8 aromatic rings. The Labute approximate surface area is 651 Å². The van der Waals surface area contributed by atoms with Crippen LogP contribution in [0.1, 0.15) is 117 Å². The lowest BCUT2D eigenvalue weighted by Crippen LogP contribution is -2.40. The van der Waals surface area contributed by atoms with Gasteiger partial charge >= 0.3 is 30.2 Å². The van der Waals surface area contributed by atoms with Crippen molar-refractivity contribution < 1.29 is 72.3 Å². The van der Waals surface area contributed by atoms with Gasteiger partial charge in [0.05, 0.1) is 23.3 Å². The number of halogens is 7. The highest BCUT2D eigenvalue weighted by Gasteiger charge is 2.20. The Hall–Kier alpha value is -6.70. The van der Waals surface area contributed by atoms with Crippen LogP contribution in [-0.2, 0) is 53.2 Å². The van der Waals surface area contributed by atoms with E-state index in [-0.39, 0.29) is 78.2 Å². The number of aliphatic carboxylic acids is 2. The van der Waals surface area contributed by atoms with Gasteiger partial charge in [0, 0.05) is 66.2 Å². The number of ketones is 3. The molecule has 0 spiro atoms. The van der Waals surface area contributed by atoms with E-state index in [9.17, 15) is 38.4 Å². The molecular formula is C70H81Br3I4N6O15. The molecule has 0 bridgehead atoms. The number of benzene rings is 7. The number of carboxylic acid groups (broad SMARTS) is 2. The maximum atomic E-state index is 12.0. The normalized spacial score (nSPS) is 10.2. The zero-order valence-corrected chi connectivity index (χ0v) is 65.1. The molecular weight excluding hydrogens is 1910 g/mol. The van der Waals surface area contributed by atoms with Gasteiger partial charge in [-0.1, -0.05) is 178 Å². The second kappa shape index (κ2) is 55.1. The highest BCUT2D eigenvalue weighted by Crippen LogP contribution is 2.21. The van der Waals surface area contributed by atoms with Gasteiger partial charge in [-0.3, -0.25) is 24.0 Å². The van der Waals surface area contributed by atoms with Gasteiger partial charge in [-0.2, -0.15) is 0 Å². The van der Waals surface area contributed by atoms with Crippen molar-refractivity contribution in [3.05, 3.63) is 248 Å². The number of esters is 1. The molecule has 7 aromatic carbocycles. The molecule has 0 unspecified atom stereocenters. The minimum atomic E-state index is -1.10. The smallest absolute Gasteiger partial charge is 0.408 e. The maximum absolute atomic E-state index is 12.0. The fourth-order valence-electron chi connectivity index (χ4n) is 6.72. The Morgan fingerprint density at radius 3 is 1.15 bits per heavy atom. The van der Waals surface area contributed by atoms with E-state index >= 15 is 0 Å². The van der Waals surface area contributed by atoms with Crippen LogP contribution in [0.5, 0.6) is 0 Å². The third kappa shape index (κ3) is 42.3. The highest BCUT2D eigenvalue weighted by atomic mass is 127. The number of hydrogen-bond acceptors (Lipinski definition) is 15. The van der Waals surface area contributed by atoms with Crippen molar-refractivity contribution in [2.24, 2.45) is 0 Å². The first-order valence-electron chi connectivity index (χ1n) is 27.7. The zero-order chi connectivity index (χ0) is 70.0. The summed E-state index contributed by atoms with van der Waals surface area (Å²) in [6.45, 7) is 7.42. The number of imidazole rings is 1. The number of hydrogen-bond donors (Lipinski definition) is 7. The molecule has 530 valence electrons. The first-order chi connectivity index (χ1) is 44.8. The summed E-state index contributed by atoms with van der Waals surface area (Å²) in [4.78, 5) is 108. The molecule has 0 radical (unpaired) electrons. The number of carbonyl (C=O) groups excluding carboxylic acids is 7. The van der Waals surface area contributed by atoms with E-state index in [1.807, 2.05) is 171 Å². The Balaban J connectivity index is -0.00000116. The largest absolute Gasteiger partial charge is 0.481 e. The second-order valence-electron chi connectivity index (χ2n) is 19.0. The van der Waals surface area contributed by atoms with Crippen LogP contribution in [0.2, 0.25) is 0 Å². The van der Waals surface area contributed by atoms with Gasteiger partial charge in [0.15, 0.2) is 24.0 Å². The van der Waals surface area contributed by atoms with Crippen molar-refractivity contribution in [1.82, 2.24) is 32.1 Å². The van der Waals surface area contributed by atoms with Crippen molar-refractivity contribution in [2.75, 3.05) is 11.9 Å². The van der Waals surface area contributed by atoms with Crippen molar-refractivity contribution in [2.45, 2.75) is 94.8 Å². The van der Waals surface area contributed by atoms with Crippen LogP contribution < -0.4 is 22.1 Å². The van der Waals surface area contributed by atoms with E-state index in [1.165, 1.54) is 17.4 Å². The van der Waals surface area contributed by atoms with E-state index in [1.54, 1.807) is 37.4 Å². The van der Waals surface area contributed by atoms with Gasteiger partial charge in [0.25, 0.3) is 5.97 Å². The summed E-state index contributed by atoms with van der Waals surface area (Å²) in [7, 11) is 0. The van der Waals surface area contributed by atoms with Gasteiger partial charge in [-0.15, -0.1) is 0 Å². The molecule has 3 amide bonds. The molecule has 8 rings (SSSR count). The van der Waals surface area contributed by atoms with Crippen LogP contribution in [0.3, 0.4) is 0 Å². The number of ether oxygens (including phenoxy) is 4. The average Bonchev–Trinajstić information content (AvgIpc) is 1.71. The lowest BCUT2D eigenvalue weighted by molar-refractivity contribution is -0.144. The summed E-state index contributed by atoms with van der Waals surface area (Å²) in [5.74, 6) is -2.02. The molecule has 0 aliphatic heterocycles. The van der Waals surface area contributed by atoms with E-state index in [4.69, 9.17) is 34.0 Å². The number of H-pyrrole nitrogens is 1. The van der Waals surface area contributed by atoms with Gasteiger partial charge in [0.2, 0.25) is 0 Å². The zero-order valence-electron chi connectivity index (χ0n) is 51.7. The predicted octanol–water partition coefficient (Wildman–Crippen LogP) is 18.6. The Morgan fingerprint density at radius 2 is 0.806 bits per heavy atom. The molecule has 0 fully saturated rings. The number of alkyl halides is 1. The van der Waals surface area contributed by atoms with Crippen LogP contribution in [0.15, 0.2) is 194 Å². The number of rotatable bonds is 19. The molecule has 21 nitrogen and oxygen atoms in total. The predicted molar refractivity (Wildman–Crippen MR) is 428 cm³/mol. The Kier molecular flexibility index (Phi) is 53.7. The number of carboxylic acids is 2. The minimum absolute atomic E-state index is 0.